The van der Waals surface area contributed by atoms with Crippen molar-refractivity contribution in [2.45, 2.75) is 27.7 Å². The molecule has 0 aliphatic heterocycles. The minimum atomic E-state index is 0.843. The molecule has 0 saturated carbocycles. The Morgan fingerprint density at radius 2 is 1.62 bits per heavy atom. The van der Waals surface area contributed by atoms with Gasteiger partial charge in [0.05, 0.1) is 0 Å². The van der Waals surface area contributed by atoms with Crippen LogP contribution in [0.3, 0.4) is 0 Å². The maximum absolute atomic E-state index is 11.1. The van der Waals surface area contributed by atoms with Crippen LogP contribution in [-0.2, 0) is 0 Å². The van der Waals surface area contributed by atoms with E-state index in [4.69, 9.17) is 0 Å². The molecule has 82 valence electrons. The predicted molar refractivity (Wildman–Crippen MR) is 68.3 cm³/mol. The first-order valence-corrected chi connectivity index (χ1v) is 5.52. The molecule has 2 aromatic rings. The quantitative estimate of drug-likeness (QED) is 0.655. The lowest BCUT2D eigenvalue weighted by Crippen LogP contribution is -1.98. The number of aryl methyl sites for hydroxylation is 3. The van der Waals surface area contributed by atoms with Crippen molar-refractivity contribution in [1.82, 2.24) is 0 Å². The maximum Gasteiger partial charge on any atom is 0.150 e. The van der Waals surface area contributed by atoms with Gasteiger partial charge >= 0.3 is 0 Å². The van der Waals surface area contributed by atoms with Crippen molar-refractivity contribution < 1.29 is 4.79 Å². The number of hydrogen-bond acceptors (Lipinski definition) is 1. The molecule has 0 radical (unpaired) electrons. The second-order valence-electron chi connectivity index (χ2n) is 4.40. The van der Waals surface area contributed by atoms with Gasteiger partial charge in [0.1, 0.15) is 0 Å². The van der Waals surface area contributed by atoms with Gasteiger partial charge in [-0.2, -0.15) is 0 Å². The van der Waals surface area contributed by atoms with E-state index in [1.165, 1.54) is 21.9 Å². The Morgan fingerprint density at radius 3 is 2.25 bits per heavy atom. The number of benzene rings is 2. The summed E-state index contributed by atoms with van der Waals surface area (Å²) in [7, 11) is 0. The molecule has 0 N–H and O–H groups in total. The van der Waals surface area contributed by atoms with Gasteiger partial charge in [0, 0.05) is 5.56 Å². The highest BCUT2D eigenvalue weighted by Crippen LogP contribution is 2.30. The Balaban J connectivity index is 3.07. The van der Waals surface area contributed by atoms with E-state index >= 15 is 0 Å². The summed E-state index contributed by atoms with van der Waals surface area (Å²) in [6.45, 7) is 8.27. The number of carbonyl (C=O) groups excluding carboxylic acids is 1. The number of carbonyl (C=O) groups is 1. The third kappa shape index (κ3) is 1.35. The summed E-state index contributed by atoms with van der Waals surface area (Å²) in [6.07, 6.45) is 0.972. The van der Waals surface area contributed by atoms with E-state index < -0.39 is 0 Å². The van der Waals surface area contributed by atoms with Gasteiger partial charge in [-0.05, 0) is 60.7 Å². The van der Waals surface area contributed by atoms with E-state index in [2.05, 4.69) is 26.0 Å². The standard InChI is InChI=1S/C15H16O/c1-9-6-5-7-13-12(4)14(8-16)10(2)11(3)15(9)13/h5-8H,1-4H3. The zero-order chi connectivity index (χ0) is 11.9. The van der Waals surface area contributed by atoms with Crippen molar-refractivity contribution in [1.29, 1.82) is 0 Å². The first-order valence-electron chi connectivity index (χ1n) is 5.52. The highest BCUT2D eigenvalue weighted by atomic mass is 16.1. The molecular formula is C15H16O. The van der Waals surface area contributed by atoms with E-state index in [0.717, 1.165) is 23.0 Å². The molecule has 1 nitrogen and oxygen atoms in total. The fraction of sp³-hybridized carbons (Fsp3) is 0.267. The van der Waals surface area contributed by atoms with E-state index in [-0.39, 0.29) is 0 Å². The van der Waals surface area contributed by atoms with Crippen LogP contribution in [0.5, 0.6) is 0 Å². The highest BCUT2D eigenvalue weighted by Gasteiger charge is 2.11. The molecule has 0 aromatic heterocycles. The molecule has 0 aliphatic rings. The summed E-state index contributed by atoms with van der Waals surface area (Å²) in [5, 5.41) is 2.49. The Kier molecular flexibility index (Phi) is 2.55. The van der Waals surface area contributed by atoms with E-state index in [1.807, 2.05) is 19.9 Å². The number of aldehydes is 1. The molecule has 0 amide bonds. The monoisotopic (exact) mass is 212 g/mol. The summed E-state index contributed by atoms with van der Waals surface area (Å²) < 4.78 is 0. The van der Waals surface area contributed by atoms with Crippen LogP contribution in [-0.4, -0.2) is 6.29 Å². The molecule has 2 aromatic carbocycles. The van der Waals surface area contributed by atoms with Crippen molar-refractivity contribution in [3.63, 3.8) is 0 Å². The Hall–Kier alpha value is -1.63. The molecule has 0 spiro atoms. The second kappa shape index (κ2) is 3.75. The molecule has 0 bridgehead atoms. The molecule has 0 fully saturated rings. The van der Waals surface area contributed by atoms with Crippen molar-refractivity contribution in [2.75, 3.05) is 0 Å². The van der Waals surface area contributed by atoms with Crippen LogP contribution in [0.15, 0.2) is 18.2 Å². The number of rotatable bonds is 1. The van der Waals surface area contributed by atoms with Crippen LogP contribution >= 0.6 is 0 Å². The van der Waals surface area contributed by atoms with Crippen LogP contribution in [0.2, 0.25) is 0 Å². The SMILES string of the molecule is Cc1c(C=O)c(C)c2cccc(C)c2c1C. The maximum atomic E-state index is 11.1. The summed E-state index contributed by atoms with van der Waals surface area (Å²) in [4.78, 5) is 11.1. The van der Waals surface area contributed by atoms with Gasteiger partial charge < -0.3 is 0 Å². The summed E-state index contributed by atoms with van der Waals surface area (Å²) in [6, 6.07) is 6.26. The van der Waals surface area contributed by atoms with Crippen molar-refractivity contribution >= 4 is 17.1 Å². The van der Waals surface area contributed by atoms with Crippen LogP contribution in [0.1, 0.15) is 32.6 Å². The lowest BCUT2D eigenvalue weighted by atomic mass is 9.89. The van der Waals surface area contributed by atoms with Crippen LogP contribution in [0, 0.1) is 27.7 Å². The zero-order valence-corrected chi connectivity index (χ0v) is 10.2. The fourth-order valence-corrected chi connectivity index (χ4v) is 2.47. The molecule has 0 aliphatic carbocycles. The third-order valence-corrected chi connectivity index (χ3v) is 3.54. The molecular weight excluding hydrogens is 196 g/mol. The van der Waals surface area contributed by atoms with Crippen molar-refractivity contribution in [3.8, 4) is 0 Å². The van der Waals surface area contributed by atoms with E-state index in [0.29, 0.717) is 0 Å². The topological polar surface area (TPSA) is 17.1 Å². The van der Waals surface area contributed by atoms with Crippen molar-refractivity contribution in [2.24, 2.45) is 0 Å². The first kappa shape index (κ1) is 10.9. The van der Waals surface area contributed by atoms with Gasteiger partial charge in [0.2, 0.25) is 0 Å². The Bertz CT molecular complexity index is 580. The molecule has 1 heteroatoms. The van der Waals surface area contributed by atoms with Gasteiger partial charge in [-0.15, -0.1) is 0 Å². The molecule has 0 unspecified atom stereocenters. The van der Waals surface area contributed by atoms with Gasteiger partial charge in [0.25, 0.3) is 0 Å². The van der Waals surface area contributed by atoms with E-state index in [1.54, 1.807) is 0 Å². The predicted octanol–water partition coefficient (Wildman–Crippen LogP) is 3.89. The van der Waals surface area contributed by atoms with Crippen molar-refractivity contribution in [3.05, 3.63) is 46.0 Å². The largest absolute Gasteiger partial charge is 0.298 e. The van der Waals surface area contributed by atoms with Crippen LogP contribution in [0.25, 0.3) is 10.8 Å². The Labute approximate surface area is 96.1 Å². The average Bonchev–Trinajstić information content (AvgIpc) is 2.27. The molecule has 0 saturated heterocycles. The lowest BCUT2D eigenvalue weighted by molar-refractivity contribution is 0.112. The highest BCUT2D eigenvalue weighted by molar-refractivity contribution is 5.98. The first-order chi connectivity index (χ1) is 7.57. The zero-order valence-electron chi connectivity index (χ0n) is 10.2. The van der Waals surface area contributed by atoms with Gasteiger partial charge in [-0.25, -0.2) is 0 Å². The fourth-order valence-electron chi connectivity index (χ4n) is 2.47. The lowest BCUT2D eigenvalue weighted by Gasteiger charge is -2.14. The smallest absolute Gasteiger partial charge is 0.150 e. The van der Waals surface area contributed by atoms with Crippen LogP contribution in [0.4, 0.5) is 0 Å². The minimum Gasteiger partial charge on any atom is -0.298 e. The number of fused-ring (bicyclic) bond motifs is 1. The minimum absolute atomic E-state index is 0.843. The molecule has 16 heavy (non-hydrogen) atoms. The van der Waals surface area contributed by atoms with Crippen LogP contribution < -0.4 is 0 Å². The summed E-state index contributed by atoms with van der Waals surface area (Å²) in [5.74, 6) is 0. The summed E-state index contributed by atoms with van der Waals surface area (Å²) >= 11 is 0. The number of hydrogen-bond donors (Lipinski definition) is 0. The Morgan fingerprint density at radius 1 is 0.938 bits per heavy atom. The molecule has 2 rings (SSSR count). The normalized spacial score (nSPS) is 10.8. The molecule has 0 heterocycles. The summed E-state index contributed by atoms with van der Waals surface area (Å²) in [5.41, 5.74) is 5.54. The second-order valence-corrected chi connectivity index (χ2v) is 4.40. The van der Waals surface area contributed by atoms with E-state index in [9.17, 15) is 4.79 Å². The third-order valence-electron chi connectivity index (χ3n) is 3.54. The van der Waals surface area contributed by atoms with Gasteiger partial charge in [-0.3, -0.25) is 4.79 Å². The van der Waals surface area contributed by atoms with Gasteiger partial charge in [-0.1, -0.05) is 18.2 Å². The van der Waals surface area contributed by atoms with Gasteiger partial charge in [0.15, 0.2) is 6.29 Å². The molecule has 0 atom stereocenters. The average molecular weight is 212 g/mol.